The minimum Gasteiger partial charge on any atom is -0.385 e. The Balaban J connectivity index is 3.87. The van der Waals surface area contributed by atoms with Crippen LogP contribution in [0.4, 0.5) is 0 Å². The quantitative estimate of drug-likeness (QED) is 0.508. The Morgan fingerprint density at radius 2 is 2.25 bits per heavy atom. The Labute approximate surface area is 72.8 Å². The maximum Gasteiger partial charge on any atom is 0.261 e. The summed E-state index contributed by atoms with van der Waals surface area (Å²) in [5.41, 5.74) is 0.232. The van der Waals surface area contributed by atoms with Gasteiger partial charge in [-0.3, -0.25) is 10.1 Å². The van der Waals surface area contributed by atoms with Gasteiger partial charge in [-0.05, 0) is 5.92 Å². The van der Waals surface area contributed by atoms with Gasteiger partial charge in [-0.2, -0.15) is 0 Å². The molecule has 0 bridgehead atoms. The first-order valence-electron chi connectivity index (χ1n) is 4.14. The first-order chi connectivity index (χ1) is 5.57. The van der Waals surface area contributed by atoms with Crippen molar-refractivity contribution in [3.05, 3.63) is 22.0 Å². The van der Waals surface area contributed by atoms with Crippen LogP contribution < -0.4 is 5.32 Å². The molecule has 70 valence electrons. The second-order valence-corrected chi connectivity index (χ2v) is 3.05. The van der Waals surface area contributed by atoms with Crippen molar-refractivity contribution in [2.45, 2.75) is 27.2 Å². The molecule has 0 atom stereocenters. The van der Waals surface area contributed by atoms with Crippen molar-refractivity contribution < 1.29 is 4.92 Å². The van der Waals surface area contributed by atoms with Crippen LogP contribution in [-0.4, -0.2) is 11.5 Å². The molecule has 0 heterocycles. The molecule has 0 fully saturated rings. The summed E-state index contributed by atoms with van der Waals surface area (Å²) in [7, 11) is 0. The summed E-state index contributed by atoms with van der Waals surface area (Å²) in [5.74, 6) is 0.506. The minimum absolute atomic E-state index is 0.232. The van der Waals surface area contributed by atoms with Crippen molar-refractivity contribution in [2.24, 2.45) is 5.92 Å². The number of rotatable bonds is 5. The van der Waals surface area contributed by atoms with Gasteiger partial charge in [-0.15, -0.1) is 0 Å². The van der Waals surface area contributed by atoms with E-state index in [0.29, 0.717) is 12.3 Å². The summed E-state index contributed by atoms with van der Waals surface area (Å²) in [6, 6.07) is 0. The van der Waals surface area contributed by atoms with Gasteiger partial charge in [0.05, 0.1) is 11.1 Å². The highest BCUT2D eigenvalue weighted by Gasteiger charge is 2.05. The topological polar surface area (TPSA) is 55.2 Å². The first kappa shape index (κ1) is 10.9. The average molecular weight is 172 g/mol. The van der Waals surface area contributed by atoms with Gasteiger partial charge in [0.2, 0.25) is 0 Å². The Hall–Kier alpha value is -1.06. The maximum absolute atomic E-state index is 10.3. The van der Waals surface area contributed by atoms with Gasteiger partial charge in [0.15, 0.2) is 0 Å². The lowest BCUT2D eigenvalue weighted by molar-refractivity contribution is -0.428. The van der Waals surface area contributed by atoms with Crippen LogP contribution in [-0.2, 0) is 0 Å². The zero-order chi connectivity index (χ0) is 9.56. The number of nitrogens with one attached hydrogen (secondary N) is 1. The Morgan fingerprint density at radius 1 is 1.67 bits per heavy atom. The highest BCUT2D eigenvalue weighted by atomic mass is 16.6. The highest BCUT2D eigenvalue weighted by Crippen LogP contribution is 1.98. The second-order valence-electron chi connectivity index (χ2n) is 3.05. The van der Waals surface area contributed by atoms with Gasteiger partial charge >= 0.3 is 0 Å². The molecule has 0 saturated carbocycles. The van der Waals surface area contributed by atoms with Gasteiger partial charge in [-0.25, -0.2) is 0 Å². The fraction of sp³-hybridized carbons (Fsp3) is 0.750. The van der Waals surface area contributed by atoms with E-state index in [1.54, 1.807) is 6.92 Å². The van der Waals surface area contributed by atoms with Crippen LogP contribution in [0, 0.1) is 16.0 Å². The Kier molecular flexibility index (Phi) is 5.08. The summed E-state index contributed by atoms with van der Waals surface area (Å²) in [6.07, 6.45) is 1.94. The van der Waals surface area contributed by atoms with E-state index in [1.807, 2.05) is 0 Å². The van der Waals surface area contributed by atoms with E-state index >= 15 is 0 Å². The van der Waals surface area contributed by atoms with E-state index in [2.05, 4.69) is 19.2 Å². The number of hydrogen-bond donors (Lipinski definition) is 1. The predicted molar refractivity (Wildman–Crippen MR) is 48.2 cm³/mol. The minimum atomic E-state index is -0.354. The van der Waals surface area contributed by atoms with Crippen molar-refractivity contribution >= 4 is 0 Å². The van der Waals surface area contributed by atoms with Crippen LogP contribution in [0.3, 0.4) is 0 Å². The lowest BCUT2D eigenvalue weighted by Gasteiger charge is -2.03. The smallest absolute Gasteiger partial charge is 0.261 e. The molecule has 0 unspecified atom stereocenters. The Morgan fingerprint density at radius 3 is 2.58 bits per heavy atom. The maximum atomic E-state index is 10.3. The SMILES string of the molecule is CC/C(=C\NCC(C)C)[N+](=O)[O-]. The molecule has 0 spiro atoms. The van der Waals surface area contributed by atoms with E-state index in [4.69, 9.17) is 0 Å². The number of hydrogen-bond acceptors (Lipinski definition) is 3. The van der Waals surface area contributed by atoms with E-state index in [1.165, 1.54) is 6.20 Å². The van der Waals surface area contributed by atoms with E-state index in [-0.39, 0.29) is 10.6 Å². The van der Waals surface area contributed by atoms with Crippen molar-refractivity contribution in [2.75, 3.05) is 6.54 Å². The molecule has 0 saturated heterocycles. The number of nitrogens with zero attached hydrogens (tertiary/aromatic N) is 1. The molecule has 0 aliphatic carbocycles. The normalized spacial score (nSPS) is 11.8. The van der Waals surface area contributed by atoms with Crippen molar-refractivity contribution in [1.29, 1.82) is 0 Å². The lowest BCUT2D eigenvalue weighted by atomic mass is 10.2. The first-order valence-corrected chi connectivity index (χ1v) is 4.14. The third-order valence-corrected chi connectivity index (χ3v) is 1.39. The molecule has 0 aromatic carbocycles. The van der Waals surface area contributed by atoms with E-state index < -0.39 is 0 Å². The van der Waals surface area contributed by atoms with Crippen LogP contribution >= 0.6 is 0 Å². The molecule has 1 N–H and O–H groups in total. The molecule has 0 aromatic rings. The average Bonchev–Trinajstić information content (AvgIpc) is 1.96. The zero-order valence-corrected chi connectivity index (χ0v) is 7.83. The van der Waals surface area contributed by atoms with Crippen LogP contribution in [0.5, 0.6) is 0 Å². The van der Waals surface area contributed by atoms with E-state index in [0.717, 1.165) is 6.54 Å². The Bertz CT molecular complexity index is 176. The van der Waals surface area contributed by atoms with E-state index in [9.17, 15) is 10.1 Å². The molecular formula is C8H16N2O2. The van der Waals surface area contributed by atoms with Gasteiger partial charge < -0.3 is 5.32 Å². The fourth-order valence-corrected chi connectivity index (χ4v) is 0.696. The molecule has 0 amide bonds. The summed E-state index contributed by atoms with van der Waals surface area (Å²) < 4.78 is 0. The van der Waals surface area contributed by atoms with Gasteiger partial charge in [0, 0.05) is 13.0 Å². The molecule has 0 aromatic heterocycles. The van der Waals surface area contributed by atoms with Gasteiger partial charge in [0.25, 0.3) is 5.70 Å². The molecule has 4 nitrogen and oxygen atoms in total. The van der Waals surface area contributed by atoms with Gasteiger partial charge in [-0.1, -0.05) is 20.8 Å². The summed E-state index contributed by atoms with van der Waals surface area (Å²) in [6.45, 7) is 6.65. The van der Waals surface area contributed by atoms with Crippen molar-refractivity contribution in [3.63, 3.8) is 0 Å². The number of nitro groups is 1. The molecule has 0 aliphatic rings. The van der Waals surface area contributed by atoms with Crippen LogP contribution in [0.25, 0.3) is 0 Å². The fourth-order valence-electron chi connectivity index (χ4n) is 0.696. The predicted octanol–water partition coefficient (Wildman–Crippen LogP) is 1.76. The molecule has 0 rings (SSSR count). The molecular weight excluding hydrogens is 156 g/mol. The third kappa shape index (κ3) is 4.71. The van der Waals surface area contributed by atoms with Crippen molar-refractivity contribution in [1.82, 2.24) is 5.32 Å². The number of allylic oxidation sites excluding steroid dienone is 1. The zero-order valence-electron chi connectivity index (χ0n) is 7.83. The molecule has 0 radical (unpaired) electrons. The molecule has 0 aliphatic heterocycles. The van der Waals surface area contributed by atoms with Crippen LogP contribution in [0.1, 0.15) is 27.2 Å². The van der Waals surface area contributed by atoms with Crippen LogP contribution in [0.2, 0.25) is 0 Å². The standard InChI is InChI=1S/C8H16N2O2/c1-4-8(10(11)12)6-9-5-7(2)3/h6-7,9H,4-5H2,1-3H3/b8-6+. The summed E-state index contributed by atoms with van der Waals surface area (Å²) in [5, 5.41) is 13.2. The largest absolute Gasteiger partial charge is 0.385 e. The summed E-state index contributed by atoms with van der Waals surface area (Å²) in [4.78, 5) is 9.95. The summed E-state index contributed by atoms with van der Waals surface area (Å²) >= 11 is 0. The highest BCUT2D eigenvalue weighted by molar-refractivity contribution is 4.88. The van der Waals surface area contributed by atoms with Crippen LogP contribution in [0.15, 0.2) is 11.9 Å². The second kappa shape index (κ2) is 5.57. The van der Waals surface area contributed by atoms with Gasteiger partial charge in [0.1, 0.15) is 0 Å². The third-order valence-electron chi connectivity index (χ3n) is 1.39. The molecule has 4 heteroatoms. The lowest BCUT2D eigenvalue weighted by Crippen LogP contribution is -2.15. The monoisotopic (exact) mass is 172 g/mol. The van der Waals surface area contributed by atoms with Crippen molar-refractivity contribution in [3.8, 4) is 0 Å². The molecule has 12 heavy (non-hydrogen) atoms.